The van der Waals surface area contributed by atoms with Crippen LogP contribution < -0.4 is 21.9 Å². The molecule has 2 amide bonds. The van der Waals surface area contributed by atoms with E-state index in [2.05, 4.69) is 30.8 Å². The first kappa shape index (κ1) is 22.0. The van der Waals surface area contributed by atoms with Crippen LogP contribution in [-0.4, -0.2) is 49.3 Å². The SMILES string of the molecule is COC(=O)CC(NC(=O)CNC(=O)CCCCN=CNN)c1cccnc1. The van der Waals surface area contributed by atoms with E-state index in [1.165, 1.54) is 13.4 Å². The molecular weight excluding hydrogens is 352 g/mol. The number of hydrazine groups is 1. The molecule has 1 heterocycles. The molecule has 1 aromatic heterocycles. The van der Waals surface area contributed by atoms with E-state index in [-0.39, 0.29) is 18.9 Å². The third-order valence-electron chi connectivity index (χ3n) is 3.57. The molecule has 10 nitrogen and oxygen atoms in total. The fourth-order valence-corrected chi connectivity index (χ4v) is 2.20. The van der Waals surface area contributed by atoms with Crippen LogP contribution in [0.4, 0.5) is 0 Å². The molecule has 0 aromatic carbocycles. The number of methoxy groups -OCH3 is 1. The summed E-state index contributed by atoms with van der Waals surface area (Å²) in [7, 11) is 1.28. The molecule has 0 aliphatic carbocycles. The van der Waals surface area contributed by atoms with Crippen molar-refractivity contribution in [3.63, 3.8) is 0 Å². The molecule has 27 heavy (non-hydrogen) atoms. The Labute approximate surface area is 157 Å². The maximum atomic E-state index is 12.1. The number of aromatic nitrogens is 1. The van der Waals surface area contributed by atoms with E-state index in [0.29, 0.717) is 24.9 Å². The molecule has 1 atom stereocenters. The first-order valence-electron chi connectivity index (χ1n) is 8.54. The zero-order valence-corrected chi connectivity index (χ0v) is 15.3. The molecule has 1 rings (SSSR count). The Kier molecular flexibility index (Phi) is 10.8. The molecule has 0 saturated heterocycles. The van der Waals surface area contributed by atoms with Gasteiger partial charge in [0.1, 0.15) is 0 Å². The van der Waals surface area contributed by atoms with E-state index in [1.54, 1.807) is 24.5 Å². The molecule has 5 N–H and O–H groups in total. The summed E-state index contributed by atoms with van der Waals surface area (Å²) in [6.07, 6.45) is 6.20. The molecule has 0 spiro atoms. The molecule has 0 aliphatic heterocycles. The highest BCUT2D eigenvalue weighted by Crippen LogP contribution is 2.16. The van der Waals surface area contributed by atoms with Gasteiger partial charge in [0, 0.05) is 25.4 Å². The van der Waals surface area contributed by atoms with Gasteiger partial charge in [-0.15, -0.1) is 0 Å². The minimum absolute atomic E-state index is 0.0277. The molecule has 0 saturated carbocycles. The lowest BCUT2D eigenvalue weighted by Gasteiger charge is -2.18. The number of rotatable bonds is 12. The Morgan fingerprint density at radius 3 is 2.81 bits per heavy atom. The summed E-state index contributed by atoms with van der Waals surface area (Å²) in [6, 6.07) is 2.88. The molecule has 10 heteroatoms. The molecule has 0 aliphatic rings. The number of nitrogens with two attached hydrogens (primary N) is 1. The molecule has 0 bridgehead atoms. The Bertz CT molecular complexity index is 623. The fraction of sp³-hybridized carbons (Fsp3) is 0.471. The number of carbonyl (C=O) groups is 3. The topological polar surface area (TPSA) is 148 Å². The van der Waals surface area contributed by atoms with Gasteiger partial charge in [0.05, 0.1) is 32.5 Å². The first-order valence-corrected chi connectivity index (χ1v) is 8.54. The van der Waals surface area contributed by atoms with Crippen molar-refractivity contribution in [1.82, 2.24) is 21.0 Å². The first-order chi connectivity index (χ1) is 13.1. The molecule has 0 radical (unpaired) electrons. The van der Waals surface area contributed by atoms with Crippen LogP contribution in [-0.2, 0) is 19.1 Å². The third-order valence-corrected chi connectivity index (χ3v) is 3.57. The number of amides is 2. The summed E-state index contributed by atoms with van der Waals surface area (Å²) in [5, 5.41) is 5.27. The monoisotopic (exact) mass is 378 g/mol. The van der Waals surface area contributed by atoms with Crippen molar-refractivity contribution in [2.75, 3.05) is 20.2 Å². The van der Waals surface area contributed by atoms with Gasteiger partial charge < -0.3 is 20.8 Å². The summed E-state index contributed by atoms with van der Waals surface area (Å²) in [5.74, 6) is 3.95. The van der Waals surface area contributed by atoms with Gasteiger partial charge in [0.15, 0.2) is 0 Å². The number of pyridine rings is 1. The van der Waals surface area contributed by atoms with Crippen molar-refractivity contribution in [1.29, 1.82) is 0 Å². The number of unbranched alkanes of at least 4 members (excludes halogenated alkanes) is 1. The van der Waals surface area contributed by atoms with Gasteiger partial charge in [0.25, 0.3) is 0 Å². The molecule has 0 fully saturated rings. The standard InChI is InChI=1S/C17H26N6O4/c1-27-17(26)9-14(13-5-4-8-19-10-13)23-16(25)11-21-15(24)6-2-3-7-20-12-22-18/h4-5,8,10,12,14H,2-3,6-7,9,11,18H2,1H3,(H,20,22)(H,21,24)(H,23,25). The lowest BCUT2D eigenvalue weighted by molar-refractivity contribution is -0.141. The fourth-order valence-electron chi connectivity index (χ4n) is 2.20. The Morgan fingerprint density at radius 1 is 1.33 bits per heavy atom. The maximum Gasteiger partial charge on any atom is 0.307 e. The van der Waals surface area contributed by atoms with Crippen molar-refractivity contribution >= 4 is 24.1 Å². The van der Waals surface area contributed by atoms with Crippen LogP contribution in [0.5, 0.6) is 0 Å². The van der Waals surface area contributed by atoms with E-state index in [1.807, 2.05) is 0 Å². The molecular formula is C17H26N6O4. The highest BCUT2D eigenvalue weighted by molar-refractivity contribution is 5.85. The van der Waals surface area contributed by atoms with E-state index in [0.717, 1.165) is 6.42 Å². The van der Waals surface area contributed by atoms with Crippen LogP contribution in [0.1, 0.15) is 37.3 Å². The number of nitrogens with one attached hydrogen (secondary N) is 3. The van der Waals surface area contributed by atoms with Crippen molar-refractivity contribution < 1.29 is 19.1 Å². The number of hydrogen-bond acceptors (Lipinski definition) is 7. The molecule has 1 unspecified atom stereocenters. The average molecular weight is 378 g/mol. The number of nitrogens with zero attached hydrogens (tertiary/aromatic N) is 2. The third kappa shape index (κ3) is 9.90. The van der Waals surface area contributed by atoms with E-state index < -0.39 is 17.9 Å². The average Bonchev–Trinajstić information content (AvgIpc) is 2.69. The van der Waals surface area contributed by atoms with Crippen molar-refractivity contribution in [3.8, 4) is 0 Å². The predicted octanol–water partition coefficient (Wildman–Crippen LogP) is -0.420. The quantitative estimate of drug-likeness (QED) is 0.0964. The Balaban J connectivity index is 2.39. The lowest BCUT2D eigenvalue weighted by atomic mass is 10.1. The van der Waals surface area contributed by atoms with Crippen molar-refractivity contribution in [3.05, 3.63) is 30.1 Å². The second kappa shape index (κ2) is 13.2. The van der Waals surface area contributed by atoms with Gasteiger partial charge >= 0.3 is 5.97 Å². The van der Waals surface area contributed by atoms with Crippen LogP contribution in [0, 0.1) is 0 Å². The largest absolute Gasteiger partial charge is 0.469 e. The second-order valence-electron chi connectivity index (χ2n) is 5.62. The number of ether oxygens (including phenoxy) is 1. The van der Waals surface area contributed by atoms with Crippen LogP contribution in [0.2, 0.25) is 0 Å². The summed E-state index contributed by atoms with van der Waals surface area (Å²) < 4.78 is 4.66. The summed E-state index contributed by atoms with van der Waals surface area (Å²) >= 11 is 0. The maximum absolute atomic E-state index is 12.1. The summed E-state index contributed by atoms with van der Waals surface area (Å²) in [4.78, 5) is 43.4. The smallest absolute Gasteiger partial charge is 0.307 e. The van der Waals surface area contributed by atoms with E-state index >= 15 is 0 Å². The van der Waals surface area contributed by atoms with Crippen LogP contribution in [0.15, 0.2) is 29.5 Å². The van der Waals surface area contributed by atoms with Gasteiger partial charge in [-0.2, -0.15) is 0 Å². The Hall–Kier alpha value is -3.01. The molecule has 1 aromatic rings. The zero-order valence-electron chi connectivity index (χ0n) is 15.3. The van der Waals surface area contributed by atoms with Gasteiger partial charge in [-0.25, -0.2) is 5.84 Å². The normalized spacial score (nSPS) is 11.6. The number of esters is 1. The minimum Gasteiger partial charge on any atom is -0.469 e. The van der Waals surface area contributed by atoms with Gasteiger partial charge in [-0.1, -0.05) is 6.07 Å². The van der Waals surface area contributed by atoms with Crippen molar-refractivity contribution in [2.24, 2.45) is 10.8 Å². The number of aliphatic imine (C=N–C) groups is 1. The number of hydrogen-bond donors (Lipinski definition) is 4. The van der Waals surface area contributed by atoms with Crippen LogP contribution in [0.25, 0.3) is 0 Å². The highest BCUT2D eigenvalue weighted by atomic mass is 16.5. The van der Waals surface area contributed by atoms with Crippen LogP contribution in [0.3, 0.4) is 0 Å². The molecule has 148 valence electrons. The Morgan fingerprint density at radius 2 is 2.15 bits per heavy atom. The van der Waals surface area contributed by atoms with Crippen LogP contribution >= 0.6 is 0 Å². The van der Waals surface area contributed by atoms with E-state index in [4.69, 9.17) is 5.84 Å². The van der Waals surface area contributed by atoms with Gasteiger partial charge in [-0.05, 0) is 24.5 Å². The second-order valence-corrected chi connectivity index (χ2v) is 5.62. The van der Waals surface area contributed by atoms with Gasteiger partial charge in [0.2, 0.25) is 11.8 Å². The zero-order chi connectivity index (χ0) is 19.9. The summed E-state index contributed by atoms with van der Waals surface area (Å²) in [6.45, 7) is 0.393. The lowest BCUT2D eigenvalue weighted by Crippen LogP contribution is -2.39. The van der Waals surface area contributed by atoms with Gasteiger partial charge in [-0.3, -0.25) is 24.4 Å². The summed E-state index contributed by atoms with van der Waals surface area (Å²) in [5.41, 5.74) is 2.97. The highest BCUT2D eigenvalue weighted by Gasteiger charge is 2.19. The minimum atomic E-state index is -0.579. The number of carbonyl (C=O) groups excluding carboxylic acids is 3. The predicted molar refractivity (Wildman–Crippen MR) is 99.3 cm³/mol. The van der Waals surface area contributed by atoms with Crippen molar-refractivity contribution in [2.45, 2.75) is 31.7 Å². The van der Waals surface area contributed by atoms with E-state index in [9.17, 15) is 14.4 Å².